The van der Waals surface area contributed by atoms with E-state index in [-0.39, 0.29) is 43.8 Å². The number of alkyl halides is 6. The van der Waals surface area contributed by atoms with Crippen LogP contribution in [-0.4, -0.2) is 42.0 Å². The van der Waals surface area contributed by atoms with Gasteiger partial charge in [0, 0.05) is 6.42 Å². The summed E-state index contributed by atoms with van der Waals surface area (Å²) < 4.78 is 105. The maximum Gasteiger partial charge on any atom is 0.409 e. The first-order chi connectivity index (χ1) is 18.1. The Morgan fingerprint density at radius 2 is 1.64 bits per heavy atom. The van der Waals surface area contributed by atoms with E-state index in [9.17, 15) is 35.5 Å². The maximum atomic E-state index is 14.4. The molecular weight excluding hydrogens is 596 g/mol. The summed E-state index contributed by atoms with van der Waals surface area (Å²) in [6.45, 7) is 0.0236. The molecule has 2 aromatic carbocycles. The molecule has 0 unspecified atom stereocenters. The highest BCUT2D eigenvalue weighted by molar-refractivity contribution is 7.99. The number of benzene rings is 2. The molecule has 3 heterocycles. The first-order valence-electron chi connectivity index (χ1n) is 11.7. The lowest BCUT2D eigenvalue weighted by Gasteiger charge is -2.48. The first-order valence-corrected chi connectivity index (χ1v) is 13.3. The van der Waals surface area contributed by atoms with E-state index in [2.05, 4.69) is 4.40 Å². The Labute approximate surface area is 231 Å². The number of carbonyl (C=O) groups excluding carboxylic acids is 1. The topological polar surface area (TPSA) is 41.9 Å². The van der Waals surface area contributed by atoms with Crippen LogP contribution in [0, 0.1) is 11.2 Å². The van der Waals surface area contributed by atoms with Crippen LogP contribution in [0.5, 0.6) is 0 Å². The highest BCUT2D eigenvalue weighted by atomic mass is 35.5. The second-order valence-corrected chi connectivity index (χ2v) is 12.2. The van der Waals surface area contributed by atoms with Crippen molar-refractivity contribution >= 4 is 46.8 Å². The number of hydrogen-bond donors (Lipinski definition) is 0. The molecule has 6 rings (SSSR count). The molecule has 39 heavy (non-hydrogen) atoms. The van der Waals surface area contributed by atoms with Crippen molar-refractivity contribution in [3.63, 3.8) is 0 Å². The van der Waals surface area contributed by atoms with E-state index in [0.717, 1.165) is 17.0 Å². The Hall–Kier alpha value is -2.02. The SMILES string of the molecule is O=C(N1CC2(C1)OCc1cc(C3=NS[C@@](c4cc(Cl)c(F)c(Cl)c4)(C(F)(F)F)C3)ccc12)C1(C(F)(F)F)CC1. The predicted octanol–water partition coefficient (Wildman–Crippen LogP) is 7.34. The molecule has 3 aliphatic heterocycles. The van der Waals surface area contributed by atoms with Gasteiger partial charge in [0.2, 0.25) is 5.91 Å². The Morgan fingerprint density at radius 1 is 1.00 bits per heavy atom. The van der Waals surface area contributed by atoms with Crippen LogP contribution in [-0.2, 0) is 26.5 Å². The molecule has 2 aromatic rings. The Morgan fingerprint density at radius 3 is 2.21 bits per heavy atom. The number of halogens is 9. The fourth-order valence-corrected chi connectivity index (χ4v) is 6.95. The maximum absolute atomic E-state index is 14.4. The Kier molecular flexibility index (Phi) is 5.92. The largest absolute Gasteiger partial charge is 0.409 e. The average molecular weight is 613 g/mol. The summed E-state index contributed by atoms with van der Waals surface area (Å²) in [4.78, 5) is 13.7. The standard InChI is InChI=1S/C25H17Cl2F7N2O2S/c26-16-6-14(7-17(27)19(16)28)23(25(32,33)34)8-18(35-39-23)12-1-2-15-13(5-12)9-38-22(15)10-36(11-22)20(37)21(3-4-21)24(29,30)31/h1-2,5-7H,3-4,8-11H2/t23-/m0/s1. The number of carbonyl (C=O) groups is 1. The highest BCUT2D eigenvalue weighted by Gasteiger charge is 2.71. The minimum atomic E-state index is -4.78. The number of ether oxygens (including phenoxy) is 1. The van der Waals surface area contributed by atoms with Gasteiger partial charge in [0.15, 0.2) is 10.6 Å². The third kappa shape index (κ3) is 3.92. The van der Waals surface area contributed by atoms with E-state index in [1.165, 1.54) is 0 Å². The number of fused-ring (bicyclic) bond motifs is 2. The predicted molar refractivity (Wildman–Crippen MR) is 130 cm³/mol. The van der Waals surface area contributed by atoms with Crippen molar-refractivity contribution in [3.8, 4) is 0 Å². The summed E-state index contributed by atoms with van der Waals surface area (Å²) in [6.07, 6.45) is -10.4. The molecule has 4 nitrogen and oxygen atoms in total. The van der Waals surface area contributed by atoms with Gasteiger partial charge in [0.1, 0.15) is 11.0 Å². The van der Waals surface area contributed by atoms with Gasteiger partial charge in [-0.05, 0) is 65.2 Å². The number of nitrogens with zero attached hydrogens (tertiary/aromatic N) is 2. The van der Waals surface area contributed by atoms with Crippen molar-refractivity contribution in [2.75, 3.05) is 13.1 Å². The lowest BCUT2D eigenvalue weighted by molar-refractivity contribution is -0.213. The third-order valence-corrected chi connectivity index (χ3v) is 9.74. The van der Waals surface area contributed by atoms with Crippen LogP contribution in [0.1, 0.15) is 41.5 Å². The Bertz CT molecular complexity index is 1410. The molecule has 4 aliphatic rings. The van der Waals surface area contributed by atoms with Crippen LogP contribution < -0.4 is 0 Å². The summed E-state index contributed by atoms with van der Waals surface area (Å²) in [5.41, 5.74) is -1.70. The van der Waals surface area contributed by atoms with E-state index < -0.39 is 56.3 Å². The second-order valence-electron chi connectivity index (χ2n) is 10.3. The van der Waals surface area contributed by atoms with E-state index in [0.29, 0.717) is 28.6 Å². The van der Waals surface area contributed by atoms with Gasteiger partial charge in [-0.25, -0.2) is 8.79 Å². The summed E-state index contributed by atoms with van der Waals surface area (Å²) in [5.74, 6) is -1.96. The minimum absolute atomic E-state index is 0.0317. The average Bonchev–Trinajstić information content (AvgIpc) is 3.38. The molecular formula is C25H17Cl2F7N2O2S. The van der Waals surface area contributed by atoms with E-state index >= 15 is 0 Å². The lowest BCUT2D eigenvalue weighted by Crippen LogP contribution is -2.63. The normalized spacial score (nSPS) is 24.9. The fraction of sp³-hybridized carbons (Fsp3) is 0.440. The zero-order valence-electron chi connectivity index (χ0n) is 19.7. The van der Waals surface area contributed by atoms with Crippen molar-refractivity contribution in [2.24, 2.45) is 9.81 Å². The monoisotopic (exact) mass is 612 g/mol. The second kappa shape index (κ2) is 8.50. The summed E-state index contributed by atoms with van der Waals surface area (Å²) in [7, 11) is 0. The molecule has 0 aromatic heterocycles. The Balaban J connectivity index is 1.23. The molecule has 1 saturated heterocycles. The minimum Gasteiger partial charge on any atom is -0.362 e. The van der Waals surface area contributed by atoms with Crippen LogP contribution in [0.15, 0.2) is 34.7 Å². The van der Waals surface area contributed by atoms with E-state index in [1.807, 2.05) is 0 Å². The van der Waals surface area contributed by atoms with Crippen LogP contribution in [0.2, 0.25) is 10.0 Å². The van der Waals surface area contributed by atoms with Crippen molar-refractivity contribution in [3.05, 3.63) is 68.4 Å². The number of hydrogen-bond acceptors (Lipinski definition) is 4. The molecule has 1 saturated carbocycles. The van der Waals surface area contributed by atoms with Gasteiger partial charge < -0.3 is 9.64 Å². The number of likely N-dealkylation sites (tertiary alicyclic amines) is 1. The van der Waals surface area contributed by atoms with Crippen molar-refractivity contribution in [2.45, 2.75) is 48.6 Å². The van der Waals surface area contributed by atoms with Crippen molar-refractivity contribution in [1.82, 2.24) is 4.90 Å². The molecule has 14 heteroatoms. The third-order valence-electron chi connectivity index (χ3n) is 7.95. The zero-order valence-corrected chi connectivity index (χ0v) is 22.0. The molecule has 1 amide bonds. The molecule has 1 atom stereocenters. The van der Waals surface area contributed by atoms with E-state index in [4.69, 9.17) is 27.9 Å². The fourth-order valence-electron chi connectivity index (χ4n) is 5.50. The number of amides is 1. The van der Waals surface area contributed by atoms with Crippen LogP contribution in [0.25, 0.3) is 0 Å². The molecule has 208 valence electrons. The molecule has 2 fully saturated rings. The zero-order chi connectivity index (χ0) is 28.2. The molecule has 1 spiro atoms. The van der Waals surface area contributed by atoms with Crippen molar-refractivity contribution in [1.29, 1.82) is 0 Å². The van der Waals surface area contributed by atoms with Gasteiger partial charge in [-0.15, -0.1) is 0 Å². The number of rotatable bonds is 3. The van der Waals surface area contributed by atoms with Gasteiger partial charge in [-0.2, -0.15) is 26.3 Å². The summed E-state index contributed by atoms with van der Waals surface area (Å²) in [6, 6.07) is 6.67. The molecule has 1 aliphatic carbocycles. The van der Waals surface area contributed by atoms with Crippen LogP contribution in [0.3, 0.4) is 0 Å². The van der Waals surface area contributed by atoms with E-state index in [1.54, 1.807) is 18.2 Å². The first kappa shape index (κ1) is 27.2. The smallest absolute Gasteiger partial charge is 0.362 e. The molecule has 0 bridgehead atoms. The van der Waals surface area contributed by atoms with Gasteiger partial charge in [0.05, 0.1) is 35.5 Å². The summed E-state index contributed by atoms with van der Waals surface area (Å²) >= 11 is 11.9. The molecule has 0 N–H and O–H groups in total. The quantitative estimate of drug-likeness (QED) is 0.207. The van der Waals surface area contributed by atoms with Gasteiger partial charge >= 0.3 is 12.4 Å². The summed E-state index contributed by atoms with van der Waals surface area (Å²) in [5, 5.41) is -1.07. The van der Waals surface area contributed by atoms with Crippen LogP contribution in [0.4, 0.5) is 30.7 Å². The van der Waals surface area contributed by atoms with Gasteiger partial charge in [-0.3, -0.25) is 4.79 Å². The van der Waals surface area contributed by atoms with Crippen molar-refractivity contribution < 1.29 is 40.3 Å². The molecule has 0 radical (unpaired) electrons. The van der Waals surface area contributed by atoms with Crippen LogP contribution >= 0.6 is 35.1 Å². The highest BCUT2D eigenvalue weighted by Crippen LogP contribution is 2.60. The van der Waals surface area contributed by atoms with Gasteiger partial charge in [-0.1, -0.05) is 35.3 Å². The lowest BCUT2D eigenvalue weighted by atomic mass is 9.82. The van der Waals surface area contributed by atoms with Gasteiger partial charge in [0.25, 0.3) is 0 Å².